The molecule has 1 N–H and O–H groups in total. The number of rotatable bonds is 49. The van der Waals surface area contributed by atoms with Crippen molar-refractivity contribution in [1.29, 1.82) is 0 Å². The first-order valence-corrected chi connectivity index (χ1v) is 28.0. The lowest BCUT2D eigenvalue weighted by Crippen LogP contribution is -2.42. The molecular weight excluding hydrogens is 881 g/mol. The van der Waals surface area contributed by atoms with Crippen molar-refractivity contribution in [2.45, 2.75) is 291 Å². The summed E-state index contributed by atoms with van der Waals surface area (Å²) < 4.78 is 33.4. The molecule has 0 bridgehead atoms. The standard InChI is InChI=1S/C56H102O13/c1-7-10-13-16-19-25-34-47(4)67-53(61)40-31-22-28-37-50(58)64-44-56(43-57,45-65-51(59)38-29-23-32-41-54(62)68-48(5)35-26-20-17-14-11-8-2)46-66-52(60)39-30-24-33-42-55(63)69-49(6)36-27-21-18-15-12-9-3/h47-49,57H,7-46H2,1-6H3. The number of aliphatic hydroxyl groups is 1. The highest BCUT2D eigenvalue weighted by Gasteiger charge is 2.35. The van der Waals surface area contributed by atoms with E-state index in [4.69, 9.17) is 28.4 Å². The van der Waals surface area contributed by atoms with Crippen LogP contribution in [-0.2, 0) is 57.2 Å². The summed E-state index contributed by atoms with van der Waals surface area (Å²) in [5.74, 6) is -2.27. The molecule has 0 fully saturated rings. The lowest BCUT2D eigenvalue weighted by Gasteiger charge is -2.30. The minimum atomic E-state index is -1.39. The lowest BCUT2D eigenvalue weighted by molar-refractivity contribution is -0.165. The normalized spacial score (nSPS) is 13.4. The molecule has 3 atom stereocenters. The summed E-state index contributed by atoms with van der Waals surface area (Å²) in [6, 6.07) is 0. The molecular formula is C56H102O13. The first kappa shape index (κ1) is 65.8. The Morgan fingerprint density at radius 2 is 0.551 bits per heavy atom. The zero-order valence-electron chi connectivity index (χ0n) is 44.9. The molecule has 0 aromatic rings. The molecule has 0 aliphatic heterocycles. The van der Waals surface area contributed by atoms with Gasteiger partial charge in [0, 0.05) is 38.5 Å². The third-order valence-corrected chi connectivity index (χ3v) is 12.6. The predicted octanol–water partition coefficient (Wildman–Crippen LogP) is 13.5. The number of carbonyl (C=O) groups is 6. The van der Waals surface area contributed by atoms with Crippen LogP contribution in [0.3, 0.4) is 0 Å². The van der Waals surface area contributed by atoms with Gasteiger partial charge in [-0.2, -0.15) is 0 Å². The fourth-order valence-electron chi connectivity index (χ4n) is 7.99. The molecule has 13 heteroatoms. The number of aliphatic hydroxyl groups excluding tert-OH is 1. The van der Waals surface area contributed by atoms with Crippen LogP contribution in [0.1, 0.15) is 273 Å². The Hall–Kier alpha value is -3.22. The monoisotopic (exact) mass is 983 g/mol. The van der Waals surface area contributed by atoms with Crippen LogP contribution in [0.25, 0.3) is 0 Å². The van der Waals surface area contributed by atoms with E-state index in [2.05, 4.69) is 20.8 Å². The largest absolute Gasteiger partial charge is 0.465 e. The minimum Gasteiger partial charge on any atom is -0.465 e. The molecule has 0 aromatic heterocycles. The molecule has 0 aromatic carbocycles. The van der Waals surface area contributed by atoms with Gasteiger partial charge in [-0.3, -0.25) is 28.8 Å². The summed E-state index contributed by atoms with van der Waals surface area (Å²) >= 11 is 0. The SMILES string of the molecule is CCCCCCCCC(C)OC(=O)CCCCCC(=O)OCC(CO)(COC(=O)CCCCCC(=O)OC(C)CCCCCCCC)COC(=O)CCCCCC(=O)OC(C)CCCCCCCC. The van der Waals surface area contributed by atoms with Crippen LogP contribution in [0, 0.1) is 5.41 Å². The zero-order valence-corrected chi connectivity index (χ0v) is 44.9. The molecule has 69 heavy (non-hydrogen) atoms. The Labute approximate surface area is 419 Å². The van der Waals surface area contributed by atoms with E-state index in [0.717, 1.165) is 57.8 Å². The van der Waals surface area contributed by atoms with Crippen LogP contribution in [0.2, 0.25) is 0 Å². The van der Waals surface area contributed by atoms with Gasteiger partial charge in [0.2, 0.25) is 0 Å². The van der Waals surface area contributed by atoms with Gasteiger partial charge in [0.05, 0.1) is 30.3 Å². The van der Waals surface area contributed by atoms with E-state index in [0.29, 0.717) is 57.8 Å². The lowest BCUT2D eigenvalue weighted by atomic mass is 9.92. The maximum Gasteiger partial charge on any atom is 0.306 e. The summed E-state index contributed by atoms with van der Waals surface area (Å²) in [6.45, 7) is 10.8. The fraction of sp³-hybridized carbons (Fsp3) is 0.893. The topological polar surface area (TPSA) is 178 Å². The van der Waals surface area contributed by atoms with Gasteiger partial charge in [-0.15, -0.1) is 0 Å². The Morgan fingerprint density at radius 3 is 0.797 bits per heavy atom. The molecule has 0 radical (unpaired) electrons. The van der Waals surface area contributed by atoms with Gasteiger partial charge in [-0.05, 0) is 97.8 Å². The Kier molecular flexibility index (Phi) is 43.7. The molecule has 0 amide bonds. The number of carbonyl (C=O) groups excluding carboxylic acids is 6. The second-order valence-corrected chi connectivity index (χ2v) is 19.9. The van der Waals surface area contributed by atoms with Crippen molar-refractivity contribution in [3.8, 4) is 0 Å². The fourth-order valence-corrected chi connectivity index (χ4v) is 7.99. The van der Waals surface area contributed by atoms with Crippen molar-refractivity contribution in [3.05, 3.63) is 0 Å². The Balaban J connectivity index is 4.92. The molecule has 404 valence electrons. The molecule has 3 unspecified atom stereocenters. The van der Waals surface area contributed by atoms with E-state index in [-0.39, 0.29) is 94.6 Å². The average molecular weight is 983 g/mol. The van der Waals surface area contributed by atoms with Gasteiger partial charge in [0.15, 0.2) is 0 Å². The van der Waals surface area contributed by atoms with E-state index in [1.165, 1.54) is 77.0 Å². The summed E-state index contributed by atoms with van der Waals surface area (Å²) in [5.41, 5.74) is -1.39. The summed E-state index contributed by atoms with van der Waals surface area (Å²) in [6.07, 6.45) is 29.7. The first-order chi connectivity index (χ1) is 33.3. The van der Waals surface area contributed by atoms with Crippen LogP contribution < -0.4 is 0 Å². The van der Waals surface area contributed by atoms with Crippen LogP contribution in [0.4, 0.5) is 0 Å². The molecule has 0 aliphatic rings. The van der Waals surface area contributed by atoms with Crippen molar-refractivity contribution >= 4 is 35.8 Å². The number of ether oxygens (including phenoxy) is 6. The van der Waals surface area contributed by atoms with Gasteiger partial charge in [-0.1, -0.05) is 136 Å². The number of hydrogen-bond donors (Lipinski definition) is 1. The average Bonchev–Trinajstić information content (AvgIpc) is 3.31. The van der Waals surface area contributed by atoms with Gasteiger partial charge in [0.25, 0.3) is 0 Å². The van der Waals surface area contributed by atoms with Crippen molar-refractivity contribution in [2.24, 2.45) is 5.41 Å². The molecule has 0 spiro atoms. The third-order valence-electron chi connectivity index (χ3n) is 12.6. The van der Waals surface area contributed by atoms with E-state index in [1.54, 1.807) is 0 Å². The summed E-state index contributed by atoms with van der Waals surface area (Å²) in [7, 11) is 0. The number of hydrogen-bond acceptors (Lipinski definition) is 13. The predicted molar refractivity (Wildman–Crippen MR) is 272 cm³/mol. The molecule has 13 nitrogen and oxygen atoms in total. The first-order valence-electron chi connectivity index (χ1n) is 28.0. The molecule has 0 saturated carbocycles. The Morgan fingerprint density at radius 1 is 0.333 bits per heavy atom. The molecule has 0 saturated heterocycles. The second kappa shape index (κ2) is 45.9. The van der Waals surface area contributed by atoms with Crippen LogP contribution in [-0.4, -0.2) is 85.7 Å². The van der Waals surface area contributed by atoms with Crippen LogP contribution in [0.5, 0.6) is 0 Å². The van der Waals surface area contributed by atoms with Gasteiger partial charge in [0.1, 0.15) is 19.8 Å². The van der Waals surface area contributed by atoms with E-state index in [1.807, 2.05) is 20.8 Å². The van der Waals surface area contributed by atoms with E-state index in [9.17, 15) is 33.9 Å². The summed E-state index contributed by atoms with van der Waals surface area (Å²) in [5, 5.41) is 10.6. The van der Waals surface area contributed by atoms with Crippen molar-refractivity contribution in [1.82, 2.24) is 0 Å². The van der Waals surface area contributed by atoms with Crippen LogP contribution >= 0.6 is 0 Å². The number of unbranched alkanes of at least 4 members (excludes halogenated alkanes) is 21. The quantitative estimate of drug-likeness (QED) is 0.0346. The maximum atomic E-state index is 12.8. The van der Waals surface area contributed by atoms with Crippen LogP contribution in [0.15, 0.2) is 0 Å². The minimum absolute atomic E-state index is 0.0850. The molecule has 0 rings (SSSR count). The van der Waals surface area contributed by atoms with E-state index >= 15 is 0 Å². The second-order valence-electron chi connectivity index (χ2n) is 19.9. The van der Waals surface area contributed by atoms with Crippen molar-refractivity contribution in [3.63, 3.8) is 0 Å². The smallest absolute Gasteiger partial charge is 0.306 e. The van der Waals surface area contributed by atoms with E-state index < -0.39 is 29.9 Å². The van der Waals surface area contributed by atoms with Gasteiger partial charge in [-0.25, -0.2) is 0 Å². The maximum absolute atomic E-state index is 12.8. The third kappa shape index (κ3) is 42.2. The molecule has 0 heterocycles. The molecule has 0 aliphatic carbocycles. The zero-order chi connectivity index (χ0) is 51.2. The summed E-state index contributed by atoms with van der Waals surface area (Å²) in [4.78, 5) is 75.5. The van der Waals surface area contributed by atoms with Crippen molar-refractivity contribution < 1.29 is 62.3 Å². The highest BCUT2D eigenvalue weighted by molar-refractivity contribution is 5.71. The number of esters is 6. The Bertz CT molecular complexity index is 1150. The van der Waals surface area contributed by atoms with Crippen molar-refractivity contribution in [2.75, 3.05) is 26.4 Å². The highest BCUT2D eigenvalue weighted by Crippen LogP contribution is 2.22. The van der Waals surface area contributed by atoms with Gasteiger partial charge < -0.3 is 33.5 Å². The van der Waals surface area contributed by atoms with Gasteiger partial charge >= 0.3 is 35.8 Å². The highest BCUT2D eigenvalue weighted by atomic mass is 16.6.